The summed E-state index contributed by atoms with van der Waals surface area (Å²) in [6.07, 6.45) is 2.58. The van der Waals surface area contributed by atoms with E-state index in [-0.39, 0.29) is 0 Å². The molecule has 0 aromatic heterocycles. The number of hydrogen-bond acceptors (Lipinski definition) is 3. The third kappa shape index (κ3) is 4.04. The van der Waals surface area contributed by atoms with Crippen LogP contribution in [0.4, 0.5) is 0 Å². The van der Waals surface area contributed by atoms with Crippen LogP contribution in [0.1, 0.15) is 26.7 Å². The van der Waals surface area contributed by atoms with E-state index in [2.05, 4.69) is 24.6 Å². The zero-order chi connectivity index (χ0) is 8.81. The first-order chi connectivity index (χ1) is 5.79. The standard InChI is InChI=1S/C9H20N2O/c1-8(2)7-12-11-6-9-4-3-5-10-9/h8-11H,3-7H2,1-2H3. The fraction of sp³-hybridized carbons (Fsp3) is 1.00. The van der Waals surface area contributed by atoms with Gasteiger partial charge < -0.3 is 10.2 Å². The van der Waals surface area contributed by atoms with E-state index in [0.717, 1.165) is 19.7 Å². The summed E-state index contributed by atoms with van der Waals surface area (Å²) in [7, 11) is 0. The lowest BCUT2D eigenvalue weighted by atomic mass is 10.2. The Hall–Kier alpha value is -0.120. The van der Waals surface area contributed by atoms with Gasteiger partial charge in [0.25, 0.3) is 0 Å². The van der Waals surface area contributed by atoms with Gasteiger partial charge in [0, 0.05) is 12.6 Å². The lowest BCUT2D eigenvalue weighted by molar-refractivity contribution is 0.0202. The molecule has 0 aromatic carbocycles. The first-order valence-corrected chi connectivity index (χ1v) is 4.87. The summed E-state index contributed by atoms with van der Waals surface area (Å²) in [5, 5.41) is 3.40. The van der Waals surface area contributed by atoms with Crippen molar-refractivity contribution < 1.29 is 4.84 Å². The van der Waals surface area contributed by atoms with Crippen molar-refractivity contribution >= 4 is 0 Å². The van der Waals surface area contributed by atoms with Gasteiger partial charge in [-0.1, -0.05) is 13.8 Å². The van der Waals surface area contributed by atoms with Crippen LogP contribution in [-0.4, -0.2) is 25.7 Å². The minimum atomic E-state index is 0.606. The Morgan fingerprint density at radius 1 is 1.58 bits per heavy atom. The van der Waals surface area contributed by atoms with Crippen LogP contribution in [0, 0.1) is 5.92 Å². The molecule has 3 nitrogen and oxygen atoms in total. The van der Waals surface area contributed by atoms with Crippen molar-refractivity contribution in [3.05, 3.63) is 0 Å². The highest BCUT2D eigenvalue weighted by molar-refractivity contribution is 4.74. The fourth-order valence-electron chi connectivity index (χ4n) is 1.32. The molecule has 1 rings (SSSR count). The highest BCUT2D eigenvalue weighted by Crippen LogP contribution is 2.02. The molecule has 1 aliphatic rings. The molecule has 12 heavy (non-hydrogen) atoms. The zero-order valence-electron chi connectivity index (χ0n) is 8.10. The molecule has 1 saturated heterocycles. The zero-order valence-corrected chi connectivity index (χ0v) is 8.10. The van der Waals surface area contributed by atoms with E-state index in [0.29, 0.717) is 12.0 Å². The number of hydroxylamine groups is 1. The van der Waals surface area contributed by atoms with E-state index in [4.69, 9.17) is 4.84 Å². The highest BCUT2D eigenvalue weighted by atomic mass is 16.6. The van der Waals surface area contributed by atoms with Gasteiger partial charge in [-0.3, -0.25) is 0 Å². The normalized spacial score (nSPS) is 23.8. The van der Waals surface area contributed by atoms with Crippen LogP contribution in [0.3, 0.4) is 0 Å². The van der Waals surface area contributed by atoms with Crippen LogP contribution < -0.4 is 10.8 Å². The van der Waals surface area contributed by atoms with Gasteiger partial charge in [0.1, 0.15) is 0 Å². The van der Waals surface area contributed by atoms with Crippen molar-refractivity contribution in [3.8, 4) is 0 Å². The van der Waals surface area contributed by atoms with Crippen LogP contribution in [0.15, 0.2) is 0 Å². The topological polar surface area (TPSA) is 33.3 Å². The maximum atomic E-state index is 5.27. The lowest BCUT2D eigenvalue weighted by Crippen LogP contribution is -2.34. The second-order valence-electron chi connectivity index (χ2n) is 3.85. The van der Waals surface area contributed by atoms with Gasteiger partial charge in [0.15, 0.2) is 0 Å². The largest absolute Gasteiger partial charge is 0.313 e. The minimum Gasteiger partial charge on any atom is -0.313 e. The Morgan fingerprint density at radius 2 is 2.42 bits per heavy atom. The summed E-state index contributed by atoms with van der Waals surface area (Å²) < 4.78 is 0. The van der Waals surface area contributed by atoms with Gasteiger partial charge in [-0.15, -0.1) is 0 Å². The second kappa shape index (κ2) is 5.51. The van der Waals surface area contributed by atoms with E-state index in [1.54, 1.807) is 0 Å². The SMILES string of the molecule is CC(C)CONCC1CCCN1. The highest BCUT2D eigenvalue weighted by Gasteiger charge is 2.12. The summed E-state index contributed by atoms with van der Waals surface area (Å²) in [5.74, 6) is 0.606. The number of hydrogen-bond donors (Lipinski definition) is 2. The van der Waals surface area contributed by atoms with E-state index < -0.39 is 0 Å². The molecule has 3 heteroatoms. The van der Waals surface area contributed by atoms with Crippen LogP contribution in [0.5, 0.6) is 0 Å². The van der Waals surface area contributed by atoms with Crippen molar-refractivity contribution in [3.63, 3.8) is 0 Å². The molecule has 1 aliphatic heterocycles. The van der Waals surface area contributed by atoms with E-state index in [1.807, 2.05) is 0 Å². The molecule has 0 amide bonds. The number of rotatable bonds is 5. The minimum absolute atomic E-state index is 0.606. The van der Waals surface area contributed by atoms with Crippen molar-refractivity contribution in [2.24, 2.45) is 5.92 Å². The van der Waals surface area contributed by atoms with Crippen LogP contribution >= 0.6 is 0 Å². The molecule has 1 atom stereocenters. The van der Waals surface area contributed by atoms with Crippen molar-refractivity contribution in [2.75, 3.05) is 19.7 Å². The predicted octanol–water partition coefficient (Wildman–Crippen LogP) is 0.916. The Kier molecular flexibility index (Phi) is 4.58. The van der Waals surface area contributed by atoms with Crippen LogP contribution in [0.2, 0.25) is 0 Å². The lowest BCUT2D eigenvalue weighted by Gasteiger charge is -2.12. The quantitative estimate of drug-likeness (QED) is 0.478. The van der Waals surface area contributed by atoms with E-state index in [9.17, 15) is 0 Å². The Bertz CT molecular complexity index is 111. The van der Waals surface area contributed by atoms with Gasteiger partial charge in [-0.25, -0.2) is 5.48 Å². The van der Waals surface area contributed by atoms with Crippen LogP contribution in [-0.2, 0) is 4.84 Å². The fourth-order valence-corrected chi connectivity index (χ4v) is 1.32. The third-order valence-corrected chi connectivity index (χ3v) is 2.01. The molecule has 0 aromatic rings. The molecule has 0 aliphatic carbocycles. The maximum absolute atomic E-state index is 5.27. The third-order valence-electron chi connectivity index (χ3n) is 2.01. The average Bonchev–Trinajstić information content (AvgIpc) is 2.49. The molecule has 1 unspecified atom stereocenters. The predicted molar refractivity (Wildman–Crippen MR) is 49.8 cm³/mol. The molecule has 1 fully saturated rings. The summed E-state index contributed by atoms with van der Waals surface area (Å²) >= 11 is 0. The van der Waals surface area contributed by atoms with Gasteiger partial charge in [0.2, 0.25) is 0 Å². The van der Waals surface area contributed by atoms with Crippen molar-refractivity contribution in [1.82, 2.24) is 10.8 Å². The van der Waals surface area contributed by atoms with Gasteiger partial charge in [-0.2, -0.15) is 0 Å². The Labute approximate surface area is 74.8 Å². The molecule has 2 N–H and O–H groups in total. The van der Waals surface area contributed by atoms with E-state index >= 15 is 0 Å². The Balaban J connectivity index is 1.88. The van der Waals surface area contributed by atoms with Crippen LogP contribution in [0.25, 0.3) is 0 Å². The summed E-state index contributed by atoms with van der Waals surface area (Å²) in [6.45, 7) is 7.20. The molecule has 1 heterocycles. The van der Waals surface area contributed by atoms with Crippen molar-refractivity contribution in [2.45, 2.75) is 32.7 Å². The molecule has 0 bridgehead atoms. The summed E-state index contributed by atoms with van der Waals surface area (Å²) in [6, 6.07) is 0.622. The van der Waals surface area contributed by atoms with E-state index in [1.165, 1.54) is 12.8 Å². The molecule has 0 radical (unpaired) electrons. The maximum Gasteiger partial charge on any atom is 0.0705 e. The van der Waals surface area contributed by atoms with Crippen molar-refractivity contribution in [1.29, 1.82) is 0 Å². The molecular weight excluding hydrogens is 152 g/mol. The number of nitrogens with one attached hydrogen (secondary N) is 2. The van der Waals surface area contributed by atoms with Gasteiger partial charge in [0.05, 0.1) is 6.61 Å². The summed E-state index contributed by atoms with van der Waals surface area (Å²) in [4.78, 5) is 5.27. The van der Waals surface area contributed by atoms with Gasteiger partial charge >= 0.3 is 0 Å². The molecule has 0 saturated carbocycles. The molecule has 72 valence electrons. The molecular formula is C9H20N2O. The second-order valence-corrected chi connectivity index (χ2v) is 3.85. The van der Waals surface area contributed by atoms with Gasteiger partial charge in [-0.05, 0) is 25.3 Å². The Morgan fingerprint density at radius 3 is 3.00 bits per heavy atom. The first kappa shape index (κ1) is 9.96. The molecule has 0 spiro atoms. The average molecular weight is 172 g/mol. The monoisotopic (exact) mass is 172 g/mol. The summed E-state index contributed by atoms with van der Waals surface area (Å²) in [5.41, 5.74) is 3.00. The smallest absolute Gasteiger partial charge is 0.0705 e. The first-order valence-electron chi connectivity index (χ1n) is 4.87.